The maximum Gasteiger partial charge on any atom is 0.324 e. The third-order valence-electron chi connectivity index (χ3n) is 2.88. The highest BCUT2D eigenvalue weighted by atomic mass is 79.9. The highest BCUT2D eigenvalue weighted by Gasteiger charge is 2.53. The van der Waals surface area contributed by atoms with E-state index < -0.39 is 0 Å². The van der Waals surface area contributed by atoms with Gasteiger partial charge < -0.3 is 4.74 Å². The first-order valence-corrected chi connectivity index (χ1v) is 6.44. The molecule has 1 heterocycles. The fourth-order valence-corrected chi connectivity index (χ4v) is 2.54. The van der Waals surface area contributed by atoms with E-state index in [0.717, 1.165) is 38.5 Å². The quantitative estimate of drug-likeness (QED) is 0.542. The Morgan fingerprint density at radius 2 is 1.79 bits per heavy atom. The molecular formula is C11H19BrO2. The molecule has 0 amide bonds. The van der Waals surface area contributed by atoms with Crippen molar-refractivity contribution in [2.24, 2.45) is 0 Å². The SMILES string of the molecule is CCCCC1(CCCC)OC(=O)C1Br. The zero-order valence-corrected chi connectivity index (χ0v) is 10.6. The van der Waals surface area contributed by atoms with Crippen LogP contribution in [0, 0.1) is 0 Å². The van der Waals surface area contributed by atoms with Crippen LogP contribution in [0.3, 0.4) is 0 Å². The van der Waals surface area contributed by atoms with Crippen LogP contribution in [0.1, 0.15) is 52.4 Å². The van der Waals surface area contributed by atoms with E-state index in [-0.39, 0.29) is 16.4 Å². The van der Waals surface area contributed by atoms with Crippen molar-refractivity contribution in [1.82, 2.24) is 0 Å². The van der Waals surface area contributed by atoms with Crippen LogP contribution in [0.2, 0.25) is 0 Å². The lowest BCUT2D eigenvalue weighted by atomic mass is 9.83. The van der Waals surface area contributed by atoms with E-state index in [9.17, 15) is 4.79 Å². The molecule has 0 N–H and O–H groups in total. The van der Waals surface area contributed by atoms with Gasteiger partial charge in [0.2, 0.25) is 0 Å². The number of unbranched alkanes of at least 4 members (excludes halogenated alkanes) is 2. The standard InChI is InChI=1S/C11H19BrO2/c1-3-5-7-11(8-6-4-2)9(12)10(13)14-11/h9H,3-8H2,1-2H3. The van der Waals surface area contributed by atoms with E-state index in [0.29, 0.717) is 0 Å². The molecule has 1 fully saturated rings. The van der Waals surface area contributed by atoms with Gasteiger partial charge >= 0.3 is 5.97 Å². The Hall–Kier alpha value is -0.0500. The van der Waals surface area contributed by atoms with E-state index in [4.69, 9.17) is 4.74 Å². The van der Waals surface area contributed by atoms with Crippen molar-refractivity contribution in [3.8, 4) is 0 Å². The van der Waals surface area contributed by atoms with Gasteiger partial charge in [-0.25, -0.2) is 0 Å². The Morgan fingerprint density at radius 1 is 1.29 bits per heavy atom. The lowest BCUT2D eigenvalue weighted by Gasteiger charge is -2.45. The van der Waals surface area contributed by atoms with Crippen LogP contribution < -0.4 is 0 Å². The molecule has 1 atom stereocenters. The van der Waals surface area contributed by atoms with Gasteiger partial charge in [-0.15, -0.1) is 0 Å². The fraction of sp³-hybridized carbons (Fsp3) is 0.909. The smallest absolute Gasteiger partial charge is 0.324 e. The third kappa shape index (κ3) is 2.30. The lowest BCUT2D eigenvalue weighted by molar-refractivity contribution is -0.190. The summed E-state index contributed by atoms with van der Waals surface area (Å²) in [6, 6.07) is 0. The molecular weight excluding hydrogens is 244 g/mol. The zero-order chi connectivity index (χ0) is 10.6. The number of rotatable bonds is 6. The van der Waals surface area contributed by atoms with E-state index in [1.54, 1.807) is 0 Å². The number of halogens is 1. The Morgan fingerprint density at radius 3 is 2.07 bits per heavy atom. The Balaban J connectivity index is 2.48. The molecule has 0 saturated carbocycles. The second kappa shape index (κ2) is 5.15. The third-order valence-corrected chi connectivity index (χ3v) is 4.09. The number of ether oxygens (including phenoxy) is 1. The molecule has 1 aliphatic heterocycles. The number of alkyl halides is 1. The van der Waals surface area contributed by atoms with Crippen molar-refractivity contribution in [2.45, 2.75) is 62.8 Å². The maximum absolute atomic E-state index is 11.1. The van der Waals surface area contributed by atoms with Crippen LogP contribution in [-0.4, -0.2) is 16.4 Å². The zero-order valence-electron chi connectivity index (χ0n) is 9.01. The maximum atomic E-state index is 11.1. The Labute approximate surface area is 94.5 Å². The molecule has 1 aliphatic rings. The molecule has 1 saturated heterocycles. The van der Waals surface area contributed by atoms with E-state index in [2.05, 4.69) is 29.8 Å². The summed E-state index contributed by atoms with van der Waals surface area (Å²) in [7, 11) is 0. The molecule has 2 nitrogen and oxygen atoms in total. The average Bonchev–Trinajstić information content (AvgIpc) is 2.21. The molecule has 82 valence electrons. The molecule has 0 aliphatic carbocycles. The molecule has 0 aromatic heterocycles. The summed E-state index contributed by atoms with van der Waals surface area (Å²) >= 11 is 3.44. The Bertz CT molecular complexity index is 195. The minimum Gasteiger partial charge on any atom is -0.456 e. The Kier molecular flexibility index (Phi) is 4.42. The molecule has 0 bridgehead atoms. The predicted octanol–water partition coefficient (Wildman–Crippen LogP) is 3.43. The topological polar surface area (TPSA) is 26.3 Å². The summed E-state index contributed by atoms with van der Waals surface area (Å²) in [6.45, 7) is 4.33. The molecule has 1 rings (SSSR count). The average molecular weight is 263 g/mol. The highest BCUT2D eigenvalue weighted by molar-refractivity contribution is 9.10. The van der Waals surface area contributed by atoms with Crippen LogP contribution in [0.15, 0.2) is 0 Å². The first kappa shape index (κ1) is 12.0. The summed E-state index contributed by atoms with van der Waals surface area (Å²) in [6.07, 6.45) is 6.60. The number of cyclic esters (lactones) is 1. The van der Waals surface area contributed by atoms with Gasteiger partial charge in [0, 0.05) is 0 Å². The molecule has 0 spiro atoms. The van der Waals surface area contributed by atoms with Crippen molar-refractivity contribution in [3.63, 3.8) is 0 Å². The molecule has 0 aromatic rings. The first-order valence-electron chi connectivity index (χ1n) is 5.53. The van der Waals surface area contributed by atoms with Crippen molar-refractivity contribution in [1.29, 1.82) is 0 Å². The van der Waals surface area contributed by atoms with Gasteiger partial charge in [0.1, 0.15) is 5.60 Å². The number of hydrogen-bond donors (Lipinski definition) is 0. The second-order valence-electron chi connectivity index (χ2n) is 4.06. The molecule has 14 heavy (non-hydrogen) atoms. The summed E-state index contributed by atoms with van der Waals surface area (Å²) in [5, 5.41) is 0. The second-order valence-corrected chi connectivity index (χ2v) is 4.97. The molecule has 0 aromatic carbocycles. The van der Waals surface area contributed by atoms with Gasteiger partial charge in [-0.2, -0.15) is 0 Å². The van der Waals surface area contributed by atoms with Crippen molar-refractivity contribution >= 4 is 21.9 Å². The van der Waals surface area contributed by atoms with E-state index in [1.807, 2.05) is 0 Å². The molecule has 1 unspecified atom stereocenters. The van der Waals surface area contributed by atoms with Gasteiger partial charge in [-0.05, 0) is 25.7 Å². The van der Waals surface area contributed by atoms with Gasteiger partial charge in [0.05, 0.1) is 0 Å². The minimum atomic E-state index is -0.177. The van der Waals surface area contributed by atoms with Crippen molar-refractivity contribution in [3.05, 3.63) is 0 Å². The summed E-state index contributed by atoms with van der Waals surface area (Å²) in [5.41, 5.74) is -0.177. The van der Waals surface area contributed by atoms with Crippen LogP contribution in [0.4, 0.5) is 0 Å². The summed E-state index contributed by atoms with van der Waals surface area (Å²) < 4.78 is 5.36. The number of carbonyl (C=O) groups excluding carboxylic acids is 1. The number of hydrogen-bond acceptors (Lipinski definition) is 2. The normalized spacial score (nSPS) is 24.2. The van der Waals surface area contributed by atoms with Crippen LogP contribution in [0.25, 0.3) is 0 Å². The highest BCUT2D eigenvalue weighted by Crippen LogP contribution is 2.42. The van der Waals surface area contributed by atoms with Gasteiger partial charge in [0.15, 0.2) is 4.83 Å². The summed E-state index contributed by atoms with van der Waals surface area (Å²) in [4.78, 5) is 11.0. The number of esters is 1. The number of carbonyl (C=O) groups is 1. The van der Waals surface area contributed by atoms with Crippen molar-refractivity contribution < 1.29 is 9.53 Å². The van der Waals surface area contributed by atoms with Gasteiger partial charge in [-0.3, -0.25) is 4.79 Å². The lowest BCUT2D eigenvalue weighted by Crippen LogP contribution is -2.58. The van der Waals surface area contributed by atoms with Gasteiger partial charge in [0.25, 0.3) is 0 Å². The molecule has 3 heteroatoms. The summed E-state index contributed by atoms with van der Waals surface area (Å²) in [5.74, 6) is -0.0859. The van der Waals surface area contributed by atoms with E-state index in [1.165, 1.54) is 0 Å². The monoisotopic (exact) mass is 262 g/mol. The van der Waals surface area contributed by atoms with Crippen LogP contribution in [0.5, 0.6) is 0 Å². The minimum absolute atomic E-state index is 0.0619. The first-order chi connectivity index (χ1) is 6.66. The van der Waals surface area contributed by atoms with Gasteiger partial charge in [-0.1, -0.05) is 42.6 Å². The van der Waals surface area contributed by atoms with E-state index >= 15 is 0 Å². The largest absolute Gasteiger partial charge is 0.456 e. The van der Waals surface area contributed by atoms with Crippen molar-refractivity contribution in [2.75, 3.05) is 0 Å². The fourth-order valence-electron chi connectivity index (χ4n) is 1.89. The van der Waals surface area contributed by atoms with Crippen LogP contribution >= 0.6 is 15.9 Å². The predicted molar refractivity (Wildman–Crippen MR) is 60.6 cm³/mol. The molecule has 0 radical (unpaired) electrons. The van der Waals surface area contributed by atoms with Crippen LogP contribution in [-0.2, 0) is 9.53 Å².